The minimum Gasteiger partial charge on any atom is -0.484 e. The van der Waals surface area contributed by atoms with Gasteiger partial charge in [0.25, 0.3) is 5.91 Å². The number of rotatable bonds is 6. The molecule has 0 spiro atoms. The van der Waals surface area contributed by atoms with Crippen molar-refractivity contribution in [2.24, 2.45) is 5.92 Å². The summed E-state index contributed by atoms with van der Waals surface area (Å²) in [4.78, 5) is 28.3. The van der Waals surface area contributed by atoms with Gasteiger partial charge in [0.2, 0.25) is 5.91 Å². The fourth-order valence-corrected chi connectivity index (χ4v) is 3.25. The van der Waals surface area contributed by atoms with Crippen molar-refractivity contribution in [3.63, 3.8) is 0 Å². The first-order valence-corrected chi connectivity index (χ1v) is 9.45. The zero-order chi connectivity index (χ0) is 17.6. The molecular weight excluding hydrogens is 316 g/mol. The highest BCUT2D eigenvalue weighted by Gasteiger charge is 2.34. The van der Waals surface area contributed by atoms with Crippen molar-refractivity contribution >= 4 is 11.8 Å². The summed E-state index contributed by atoms with van der Waals surface area (Å²) in [6, 6.07) is 7.96. The number of ether oxygens (including phenoxy) is 1. The largest absolute Gasteiger partial charge is 0.484 e. The Morgan fingerprint density at radius 3 is 2.40 bits per heavy atom. The van der Waals surface area contributed by atoms with Gasteiger partial charge in [-0.15, -0.1) is 0 Å². The number of aryl methyl sites for hydroxylation is 1. The minimum absolute atomic E-state index is 0.00152. The lowest BCUT2D eigenvalue weighted by molar-refractivity contribution is -0.135. The van der Waals surface area contributed by atoms with E-state index in [4.69, 9.17) is 4.74 Å². The van der Waals surface area contributed by atoms with Crippen LogP contribution < -0.4 is 4.74 Å². The summed E-state index contributed by atoms with van der Waals surface area (Å²) in [6.45, 7) is 4.93. The van der Waals surface area contributed by atoms with Crippen LogP contribution in [0.4, 0.5) is 0 Å². The number of nitrogens with zero attached hydrogens (tertiary/aromatic N) is 2. The molecule has 2 aliphatic rings. The third kappa shape index (κ3) is 4.97. The quantitative estimate of drug-likeness (QED) is 0.797. The van der Waals surface area contributed by atoms with Gasteiger partial charge in [0.1, 0.15) is 5.75 Å². The molecule has 1 aromatic rings. The second-order valence-electron chi connectivity index (χ2n) is 7.02. The maximum atomic E-state index is 12.4. The van der Waals surface area contributed by atoms with Crippen LogP contribution in [0, 0.1) is 5.92 Å². The second kappa shape index (κ2) is 8.37. The number of carbonyl (C=O) groups is 2. The molecule has 1 saturated carbocycles. The van der Waals surface area contributed by atoms with Crippen molar-refractivity contribution in [1.82, 2.24) is 9.80 Å². The zero-order valence-electron chi connectivity index (χ0n) is 15.1. The second-order valence-corrected chi connectivity index (χ2v) is 7.02. The normalized spacial score (nSPS) is 18.0. The summed E-state index contributed by atoms with van der Waals surface area (Å²) in [6.07, 6.45) is 5.08. The number of benzene rings is 1. The van der Waals surface area contributed by atoms with Crippen LogP contribution in [0.5, 0.6) is 5.75 Å². The number of carbonyl (C=O) groups excluding carboxylic acids is 2. The minimum atomic E-state index is -0.00152. The lowest BCUT2D eigenvalue weighted by Gasteiger charge is -2.22. The van der Waals surface area contributed by atoms with Crippen molar-refractivity contribution in [2.75, 3.05) is 32.8 Å². The van der Waals surface area contributed by atoms with Crippen LogP contribution in [-0.2, 0) is 16.0 Å². The van der Waals surface area contributed by atoms with Crippen LogP contribution in [0.25, 0.3) is 0 Å². The molecule has 0 N–H and O–H groups in total. The number of hydrogen-bond donors (Lipinski definition) is 0. The van der Waals surface area contributed by atoms with Gasteiger partial charge >= 0.3 is 0 Å². The molecule has 3 rings (SSSR count). The maximum Gasteiger partial charge on any atom is 0.260 e. The Labute approximate surface area is 149 Å². The van der Waals surface area contributed by atoms with Crippen molar-refractivity contribution in [1.29, 1.82) is 0 Å². The Morgan fingerprint density at radius 2 is 1.72 bits per heavy atom. The van der Waals surface area contributed by atoms with Gasteiger partial charge in [0.05, 0.1) is 0 Å². The fourth-order valence-electron chi connectivity index (χ4n) is 3.25. The fraction of sp³-hybridized carbons (Fsp3) is 0.600. The molecule has 0 aromatic heterocycles. The molecule has 1 saturated heterocycles. The molecule has 0 unspecified atom stereocenters. The van der Waals surface area contributed by atoms with Crippen LogP contribution in [-0.4, -0.2) is 54.4 Å². The van der Waals surface area contributed by atoms with E-state index in [0.717, 1.165) is 44.4 Å². The van der Waals surface area contributed by atoms with E-state index >= 15 is 0 Å². The molecule has 1 heterocycles. The highest BCUT2D eigenvalue weighted by Crippen LogP contribution is 2.31. The first-order chi connectivity index (χ1) is 12.2. The van der Waals surface area contributed by atoms with E-state index in [9.17, 15) is 9.59 Å². The van der Waals surface area contributed by atoms with Gasteiger partial charge in [-0.05, 0) is 43.4 Å². The molecule has 2 fully saturated rings. The van der Waals surface area contributed by atoms with Crippen molar-refractivity contribution < 1.29 is 14.3 Å². The SMILES string of the molecule is CCCc1ccc(OCC(=O)N2CCCN(C(=O)C3CC3)CC2)cc1. The molecule has 0 radical (unpaired) electrons. The average Bonchev–Trinajstić information content (AvgIpc) is 3.47. The van der Waals surface area contributed by atoms with Gasteiger partial charge in [-0.2, -0.15) is 0 Å². The van der Waals surface area contributed by atoms with Crippen LogP contribution >= 0.6 is 0 Å². The van der Waals surface area contributed by atoms with Crippen LogP contribution in [0.1, 0.15) is 38.2 Å². The highest BCUT2D eigenvalue weighted by atomic mass is 16.5. The molecule has 0 atom stereocenters. The van der Waals surface area contributed by atoms with Gasteiger partial charge < -0.3 is 14.5 Å². The summed E-state index contributed by atoms with van der Waals surface area (Å²) < 4.78 is 5.65. The maximum absolute atomic E-state index is 12.4. The summed E-state index contributed by atoms with van der Waals surface area (Å²) >= 11 is 0. The third-order valence-electron chi connectivity index (χ3n) is 4.91. The van der Waals surface area contributed by atoms with Gasteiger partial charge in [-0.25, -0.2) is 0 Å². The van der Waals surface area contributed by atoms with E-state index in [0.29, 0.717) is 19.6 Å². The van der Waals surface area contributed by atoms with Crippen molar-refractivity contribution in [2.45, 2.75) is 39.0 Å². The van der Waals surface area contributed by atoms with E-state index in [1.54, 1.807) is 0 Å². The van der Waals surface area contributed by atoms with E-state index < -0.39 is 0 Å². The lowest BCUT2D eigenvalue weighted by Crippen LogP contribution is -2.39. The van der Waals surface area contributed by atoms with Crippen LogP contribution in [0.15, 0.2) is 24.3 Å². The molecule has 5 heteroatoms. The summed E-state index contributed by atoms with van der Waals surface area (Å²) in [7, 11) is 0. The van der Waals surface area contributed by atoms with Gasteiger partial charge in [-0.1, -0.05) is 25.5 Å². The lowest BCUT2D eigenvalue weighted by atomic mass is 10.1. The predicted octanol–water partition coefficient (Wildman–Crippen LogP) is 2.49. The number of hydrogen-bond acceptors (Lipinski definition) is 3. The summed E-state index contributed by atoms with van der Waals surface area (Å²) in [5, 5.41) is 0. The first-order valence-electron chi connectivity index (χ1n) is 9.45. The Morgan fingerprint density at radius 1 is 1.04 bits per heavy atom. The van der Waals surface area contributed by atoms with Gasteiger partial charge in [-0.3, -0.25) is 9.59 Å². The van der Waals surface area contributed by atoms with Gasteiger partial charge in [0.15, 0.2) is 6.61 Å². The predicted molar refractivity (Wildman–Crippen MR) is 96.4 cm³/mol. The molecule has 2 amide bonds. The smallest absolute Gasteiger partial charge is 0.260 e. The average molecular weight is 344 g/mol. The first kappa shape index (κ1) is 17.8. The van der Waals surface area contributed by atoms with E-state index in [1.807, 2.05) is 21.9 Å². The molecule has 1 aromatic carbocycles. The number of amides is 2. The molecule has 25 heavy (non-hydrogen) atoms. The Kier molecular flexibility index (Phi) is 5.95. The van der Waals surface area contributed by atoms with Crippen molar-refractivity contribution in [3.05, 3.63) is 29.8 Å². The molecule has 0 bridgehead atoms. The molecule has 1 aliphatic heterocycles. The Bertz CT molecular complexity index is 595. The standard InChI is InChI=1S/C20H28N2O3/c1-2-4-16-5-9-18(10-6-16)25-15-19(23)21-11-3-12-22(14-13-21)20(24)17-7-8-17/h5-6,9-10,17H,2-4,7-8,11-15H2,1H3. The third-order valence-corrected chi connectivity index (χ3v) is 4.91. The molecular formula is C20H28N2O3. The molecule has 136 valence electrons. The summed E-state index contributed by atoms with van der Waals surface area (Å²) in [5.41, 5.74) is 1.29. The van der Waals surface area contributed by atoms with E-state index in [2.05, 4.69) is 19.1 Å². The topological polar surface area (TPSA) is 49.9 Å². The monoisotopic (exact) mass is 344 g/mol. The van der Waals surface area contributed by atoms with Crippen LogP contribution in [0.3, 0.4) is 0 Å². The Hall–Kier alpha value is -2.04. The van der Waals surface area contributed by atoms with Crippen molar-refractivity contribution in [3.8, 4) is 5.75 Å². The Balaban J connectivity index is 1.45. The zero-order valence-corrected chi connectivity index (χ0v) is 15.1. The van der Waals surface area contributed by atoms with Crippen LogP contribution in [0.2, 0.25) is 0 Å². The van der Waals surface area contributed by atoms with E-state index in [-0.39, 0.29) is 24.3 Å². The highest BCUT2D eigenvalue weighted by molar-refractivity contribution is 5.81. The van der Waals surface area contributed by atoms with E-state index in [1.165, 1.54) is 5.56 Å². The summed E-state index contributed by atoms with van der Waals surface area (Å²) in [5.74, 6) is 1.26. The van der Waals surface area contributed by atoms with Gasteiger partial charge in [0, 0.05) is 32.1 Å². The molecule has 1 aliphatic carbocycles. The molecule has 5 nitrogen and oxygen atoms in total.